The Morgan fingerprint density at radius 3 is 2.62 bits per heavy atom. The fourth-order valence-electron chi connectivity index (χ4n) is 1.32. The van der Waals surface area contributed by atoms with E-state index in [0.29, 0.717) is 12.8 Å². The Bertz CT molecular complexity index is 477. The molecule has 1 rings (SSSR count). The summed E-state index contributed by atoms with van der Waals surface area (Å²) in [5, 5.41) is 12.7. The smallest absolute Gasteiger partial charge is 0.328 e. The van der Waals surface area contributed by atoms with E-state index in [1.807, 2.05) is 6.92 Å². The standard InChI is InChI=1S/C9H14N2O4S/c1-3-4-8(9(12)13)11-6-7(5-10-11)16(2,14)15/h5-6,8H,3-4H2,1-2H3,(H,12,13). The number of hydrogen-bond donors (Lipinski definition) is 1. The first kappa shape index (κ1) is 12.7. The molecule has 1 heterocycles. The van der Waals surface area contributed by atoms with E-state index >= 15 is 0 Å². The monoisotopic (exact) mass is 246 g/mol. The van der Waals surface area contributed by atoms with Gasteiger partial charge in [-0.2, -0.15) is 5.10 Å². The highest BCUT2D eigenvalue weighted by molar-refractivity contribution is 7.90. The summed E-state index contributed by atoms with van der Waals surface area (Å²) in [6.45, 7) is 1.86. The van der Waals surface area contributed by atoms with Gasteiger partial charge in [-0.1, -0.05) is 13.3 Å². The second kappa shape index (κ2) is 4.65. The van der Waals surface area contributed by atoms with Crippen molar-refractivity contribution in [3.63, 3.8) is 0 Å². The van der Waals surface area contributed by atoms with E-state index in [-0.39, 0.29) is 4.90 Å². The van der Waals surface area contributed by atoms with Crippen molar-refractivity contribution in [3.05, 3.63) is 12.4 Å². The molecule has 0 saturated carbocycles. The normalized spacial score (nSPS) is 13.6. The summed E-state index contributed by atoms with van der Waals surface area (Å²) in [5.74, 6) is -1.01. The van der Waals surface area contributed by atoms with Gasteiger partial charge in [-0.15, -0.1) is 0 Å². The van der Waals surface area contributed by atoms with E-state index in [2.05, 4.69) is 5.10 Å². The van der Waals surface area contributed by atoms with Crippen LogP contribution in [0.3, 0.4) is 0 Å². The van der Waals surface area contributed by atoms with E-state index in [1.165, 1.54) is 17.1 Å². The van der Waals surface area contributed by atoms with Crippen molar-refractivity contribution in [2.75, 3.05) is 6.26 Å². The maximum atomic E-state index is 11.2. The zero-order valence-corrected chi connectivity index (χ0v) is 9.94. The summed E-state index contributed by atoms with van der Waals surface area (Å²) >= 11 is 0. The number of carboxylic acid groups (broad SMARTS) is 1. The zero-order chi connectivity index (χ0) is 12.3. The number of carboxylic acids is 1. The Kier molecular flexibility index (Phi) is 3.69. The molecule has 0 aliphatic carbocycles. The highest BCUT2D eigenvalue weighted by Gasteiger charge is 2.21. The Hall–Kier alpha value is -1.37. The van der Waals surface area contributed by atoms with Gasteiger partial charge in [0.15, 0.2) is 9.84 Å². The highest BCUT2D eigenvalue weighted by Crippen LogP contribution is 2.16. The van der Waals surface area contributed by atoms with Crippen LogP contribution in [0.2, 0.25) is 0 Å². The molecule has 1 N–H and O–H groups in total. The van der Waals surface area contributed by atoms with Gasteiger partial charge in [0, 0.05) is 12.5 Å². The molecule has 0 aliphatic heterocycles. The van der Waals surface area contributed by atoms with Crippen LogP contribution >= 0.6 is 0 Å². The molecular formula is C9H14N2O4S. The first-order valence-electron chi connectivity index (χ1n) is 4.83. The van der Waals surface area contributed by atoms with Gasteiger partial charge in [0.2, 0.25) is 0 Å². The lowest BCUT2D eigenvalue weighted by Gasteiger charge is -2.10. The van der Waals surface area contributed by atoms with Crippen LogP contribution in [0.4, 0.5) is 0 Å². The van der Waals surface area contributed by atoms with Crippen LogP contribution in [-0.2, 0) is 14.6 Å². The second-order valence-electron chi connectivity index (χ2n) is 3.57. The molecule has 0 radical (unpaired) electrons. The fraction of sp³-hybridized carbons (Fsp3) is 0.556. The minimum atomic E-state index is -3.33. The number of rotatable bonds is 5. The average molecular weight is 246 g/mol. The number of hydrogen-bond acceptors (Lipinski definition) is 4. The summed E-state index contributed by atoms with van der Waals surface area (Å²) < 4.78 is 23.6. The molecule has 16 heavy (non-hydrogen) atoms. The Labute approximate surface area is 93.8 Å². The van der Waals surface area contributed by atoms with Crippen LogP contribution in [0.5, 0.6) is 0 Å². The van der Waals surface area contributed by atoms with Crippen LogP contribution in [0.25, 0.3) is 0 Å². The molecule has 1 aromatic rings. The third kappa shape index (κ3) is 2.82. The third-order valence-corrected chi connectivity index (χ3v) is 3.24. The van der Waals surface area contributed by atoms with Crippen molar-refractivity contribution in [2.24, 2.45) is 0 Å². The number of sulfone groups is 1. The molecular weight excluding hydrogens is 232 g/mol. The van der Waals surface area contributed by atoms with Gasteiger partial charge in [0.25, 0.3) is 0 Å². The quantitative estimate of drug-likeness (QED) is 0.826. The molecule has 6 nitrogen and oxygen atoms in total. The number of aliphatic carboxylic acids is 1. The van der Waals surface area contributed by atoms with Gasteiger partial charge in [0.05, 0.1) is 6.20 Å². The largest absolute Gasteiger partial charge is 0.480 e. The Morgan fingerprint density at radius 1 is 1.62 bits per heavy atom. The van der Waals surface area contributed by atoms with E-state index in [0.717, 1.165) is 6.26 Å². The molecule has 1 unspecified atom stereocenters. The molecule has 1 aromatic heterocycles. The van der Waals surface area contributed by atoms with Crippen molar-refractivity contribution in [1.29, 1.82) is 0 Å². The van der Waals surface area contributed by atoms with E-state index in [9.17, 15) is 13.2 Å². The molecule has 0 fully saturated rings. The van der Waals surface area contributed by atoms with Crippen LogP contribution in [0.1, 0.15) is 25.8 Å². The Morgan fingerprint density at radius 2 is 2.25 bits per heavy atom. The maximum absolute atomic E-state index is 11.2. The van der Waals surface area contributed by atoms with Gasteiger partial charge in [0.1, 0.15) is 10.9 Å². The molecule has 0 aliphatic rings. The van der Waals surface area contributed by atoms with E-state index in [4.69, 9.17) is 5.11 Å². The van der Waals surface area contributed by atoms with Crippen LogP contribution < -0.4 is 0 Å². The molecule has 0 aromatic carbocycles. The van der Waals surface area contributed by atoms with Crippen LogP contribution in [0, 0.1) is 0 Å². The molecule has 0 spiro atoms. The lowest BCUT2D eigenvalue weighted by molar-refractivity contribution is -0.141. The second-order valence-corrected chi connectivity index (χ2v) is 5.59. The summed E-state index contributed by atoms with van der Waals surface area (Å²) in [5.41, 5.74) is 0. The van der Waals surface area contributed by atoms with Crippen molar-refractivity contribution in [1.82, 2.24) is 9.78 Å². The van der Waals surface area contributed by atoms with E-state index in [1.54, 1.807) is 0 Å². The van der Waals surface area contributed by atoms with Crippen molar-refractivity contribution in [3.8, 4) is 0 Å². The maximum Gasteiger partial charge on any atom is 0.328 e. The molecule has 7 heteroatoms. The van der Waals surface area contributed by atoms with E-state index < -0.39 is 21.8 Å². The first-order chi connectivity index (χ1) is 7.36. The summed E-state index contributed by atoms with van der Waals surface area (Å²) in [6, 6.07) is -0.805. The summed E-state index contributed by atoms with van der Waals surface area (Å²) in [4.78, 5) is 11.0. The van der Waals surface area contributed by atoms with Crippen LogP contribution in [0.15, 0.2) is 17.3 Å². The Balaban J connectivity index is 3.04. The van der Waals surface area contributed by atoms with Gasteiger partial charge in [-0.3, -0.25) is 4.68 Å². The van der Waals surface area contributed by atoms with Gasteiger partial charge in [-0.25, -0.2) is 13.2 Å². The van der Waals surface area contributed by atoms with Crippen LogP contribution in [-0.4, -0.2) is 35.5 Å². The molecule has 0 amide bonds. The number of carbonyl (C=O) groups is 1. The van der Waals surface area contributed by atoms with Crippen molar-refractivity contribution < 1.29 is 18.3 Å². The minimum Gasteiger partial charge on any atom is -0.480 e. The molecule has 0 bridgehead atoms. The minimum absolute atomic E-state index is 0.0369. The van der Waals surface area contributed by atoms with Gasteiger partial charge >= 0.3 is 5.97 Å². The van der Waals surface area contributed by atoms with Gasteiger partial charge < -0.3 is 5.11 Å². The van der Waals surface area contributed by atoms with Crippen molar-refractivity contribution >= 4 is 15.8 Å². The predicted octanol–water partition coefficient (Wildman–Crippen LogP) is 0.712. The van der Waals surface area contributed by atoms with Gasteiger partial charge in [-0.05, 0) is 6.42 Å². The highest BCUT2D eigenvalue weighted by atomic mass is 32.2. The lowest BCUT2D eigenvalue weighted by Crippen LogP contribution is -2.19. The number of aromatic nitrogens is 2. The van der Waals surface area contributed by atoms with Crippen molar-refractivity contribution in [2.45, 2.75) is 30.7 Å². The predicted molar refractivity (Wildman–Crippen MR) is 56.9 cm³/mol. The number of nitrogens with zero attached hydrogens (tertiary/aromatic N) is 2. The zero-order valence-electron chi connectivity index (χ0n) is 9.12. The molecule has 0 saturated heterocycles. The SMILES string of the molecule is CCCC(C(=O)O)n1cc(S(C)(=O)=O)cn1. The lowest BCUT2D eigenvalue weighted by atomic mass is 10.2. The average Bonchev–Trinajstić information content (AvgIpc) is 2.61. The molecule has 90 valence electrons. The topological polar surface area (TPSA) is 89.3 Å². The molecule has 1 atom stereocenters. The summed E-state index contributed by atoms with van der Waals surface area (Å²) in [6.07, 6.45) is 4.58. The fourth-order valence-corrected chi connectivity index (χ4v) is 1.86. The summed E-state index contributed by atoms with van der Waals surface area (Å²) in [7, 11) is -3.33. The third-order valence-electron chi connectivity index (χ3n) is 2.17. The first-order valence-corrected chi connectivity index (χ1v) is 6.72.